The van der Waals surface area contributed by atoms with Crippen LogP contribution in [0.1, 0.15) is 58.4 Å². The Bertz CT molecular complexity index is 557. The van der Waals surface area contributed by atoms with Crippen LogP contribution < -0.4 is 0 Å². The van der Waals surface area contributed by atoms with Crippen LogP contribution in [-0.4, -0.2) is 11.6 Å². The molecule has 0 atom stereocenters. The van der Waals surface area contributed by atoms with Gasteiger partial charge in [0.05, 0.1) is 0 Å². The fourth-order valence-electron chi connectivity index (χ4n) is 2.45. The van der Waals surface area contributed by atoms with Crippen LogP contribution in [0.15, 0.2) is 48.1 Å². The standard InChI is InChI=1S/C10H16O.C10H10O/c2*1-8(9(2)11)10-6-4-3-5-7-10/h3-7H2,1-2H3;3-7H,1H2,2H3. The maximum atomic E-state index is 11.0. The first-order chi connectivity index (χ1) is 10.4. The minimum atomic E-state index is 0.0243. The Kier molecular flexibility index (Phi) is 7.51. The van der Waals surface area contributed by atoms with Crippen molar-refractivity contribution in [1.82, 2.24) is 0 Å². The van der Waals surface area contributed by atoms with Crippen molar-refractivity contribution >= 4 is 17.1 Å². The molecule has 2 heteroatoms. The molecule has 0 saturated heterocycles. The van der Waals surface area contributed by atoms with Crippen molar-refractivity contribution in [2.75, 3.05) is 0 Å². The molecule has 2 nitrogen and oxygen atoms in total. The molecule has 0 aromatic heterocycles. The van der Waals surface area contributed by atoms with Gasteiger partial charge >= 0.3 is 0 Å². The van der Waals surface area contributed by atoms with Crippen molar-refractivity contribution in [3.63, 3.8) is 0 Å². The van der Waals surface area contributed by atoms with E-state index in [-0.39, 0.29) is 11.6 Å². The molecule has 1 aliphatic rings. The van der Waals surface area contributed by atoms with E-state index in [0.29, 0.717) is 5.57 Å². The lowest BCUT2D eigenvalue weighted by molar-refractivity contribution is -0.113. The quantitative estimate of drug-likeness (QED) is 0.724. The van der Waals surface area contributed by atoms with E-state index in [1.165, 1.54) is 31.8 Å². The molecule has 1 aromatic rings. The van der Waals surface area contributed by atoms with Crippen LogP contribution in [0.2, 0.25) is 0 Å². The topological polar surface area (TPSA) is 34.1 Å². The van der Waals surface area contributed by atoms with Gasteiger partial charge in [0.15, 0.2) is 11.6 Å². The van der Waals surface area contributed by atoms with Crippen LogP contribution in [0.3, 0.4) is 0 Å². The Morgan fingerprint density at radius 1 is 0.864 bits per heavy atom. The van der Waals surface area contributed by atoms with Gasteiger partial charge in [-0.2, -0.15) is 0 Å². The van der Waals surface area contributed by atoms with Crippen molar-refractivity contribution in [2.45, 2.75) is 52.9 Å². The summed E-state index contributed by atoms with van der Waals surface area (Å²) in [7, 11) is 0. The van der Waals surface area contributed by atoms with Gasteiger partial charge in [-0.15, -0.1) is 0 Å². The molecule has 22 heavy (non-hydrogen) atoms. The summed E-state index contributed by atoms with van der Waals surface area (Å²) in [5.41, 5.74) is 3.90. The van der Waals surface area contributed by atoms with E-state index in [0.717, 1.165) is 24.0 Å². The van der Waals surface area contributed by atoms with Crippen molar-refractivity contribution < 1.29 is 9.59 Å². The second kappa shape index (κ2) is 9.14. The summed E-state index contributed by atoms with van der Waals surface area (Å²) in [5.74, 6) is 0.276. The molecule has 0 N–H and O–H groups in total. The van der Waals surface area contributed by atoms with Crippen molar-refractivity contribution in [3.05, 3.63) is 53.6 Å². The summed E-state index contributed by atoms with van der Waals surface area (Å²) in [4.78, 5) is 21.8. The van der Waals surface area contributed by atoms with Gasteiger partial charge in [0, 0.05) is 5.57 Å². The minimum absolute atomic E-state index is 0.0243. The van der Waals surface area contributed by atoms with E-state index in [9.17, 15) is 9.59 Å². The van der Waals surface area contributed by atoms with Gasteiger partial charge < -0.3 is 0 Å². The molecule has 0 bridgehead atoms. The SMILES string of the molecule is C=C(C(C)=O)c1ccccc1.CC(=O)C(C)=C1CCCCC1. The number of benzene rings is 1. The van der Waals surface area contributed by atoms with Gasteiger partial charge in [0.1, 0.15) is 0 Å². The monoisotopic (exact) mass is 298 g/mol. The smallest absolute Gasteiger partial charge is 0.159 e. The van der Waals surface area contributed by atoms with Crippen LogP contribution in [0, 0.1) is 0 Å². The van der Waals surface area contributed by atoms with Gasteiger partial charge in [0.2, 0.25) is 0 Å². The molecule has 2 rings (SSSR count). The first-order valence-electron chi connectivity index (χ1n) is 7.88. The van der Waals surface area contributed by atoms with Gasteiger partial charge in [0.25, 0.3) is 0 Å². The summed E-state index contributed by atoms with van der Waals surface area (Å²) in [6, 6.07) is 9.46. The predicted molar refractivity (Wildman–Crippen MR) is 92.6 cm³/mol. The van der Waals surface area contributed by atoms with E-state index < -0.39 is 0 Å². The number of Topliss-reactive ketones (excluding diaryl/α,β-unsaturated/α-hetero) is 2. The molecular formula is C20H26O2. The van der Waals surface area contributed by atoms with Crippen LogP contribution in [0.4, 0.5) is 0 Å². The lowest BCUT2D eigenvalue weighted by Gasteiger charge is -2.15. The van der Waals surface area contributed by atoms with Crippen LogP contribution in [0.5, 0.6) is 0 Å². The third-order valence-corrected chi connectivity index (χ3v) is 4.06. The molecular weight excluding hydrogens is 272 g/mol. The van der Waals surface area contributed by atoms with E-state index in [1.807, 2.05) is 37.3 Å². The van der Waals surface area contributed by atoms with Gasteiger partial charge in [-0.25, -0.2) is 0 Å². The van der Waals surface area contributed by atoms with E-state index in [1.54, 1.807) is 6.92 Å². The number of carbonyl (C=O) groups is 2. The highest BCUT2D eigenvalue weighted by molar-refractivity contribution is 6.18. The zero-order valence-electron chi connectivity index (χ0n) is 13.9. The molecule has 0 aliphatic heterocycles. The van der Waals surface area contributed by atoms with E-state index >= 15 is 0 Å². The van der Waals surface area contributed by atoms with Crippen molar-refractivity contribution in [3.8, 4) is 0 Å². The summed E-state index contributed by atoms with van der Waals surface area (Å²) in [6.07, 6.45) is 6.21. The molecule has 1 aliphatic carbocycles. The fourth-order valence-corrected chi connectivity index (χ4v) is 2.45. The highest BCUT2D eigenvalue weighted by Crippen LogP contribution is 2.25. The molecule has 0 unspecified atom stereocenters. The predicted octanol–water partition coefficient (Wildman–Crippen LogP) is 5.14. The Morgan fingerprint density at radius 3 is 1.86 bits per heavy atom. The Hall–Kier alpha value is -1.96. The molecule has 0 spiro atoms. The Morgan fingerprint density at radius 2 is 1.41 bits per heavy atom. The Balaban J connectivity index is 0.000000220. The van der Waals surface area contributed by atoms with Crippen molar-refractivity contribution in [2.24, 2.45) is 0 Å². The van der Waals surface area contributed by atoms with Gasteiger partial charge in [-0.1, -0.05) is 48.9 Å². The van der Waals surface area contributed by atoms with Crippen molar-refractivity contribution in [1.29, 1.82) is 0 Å². The van der Waals surface area contributed by atoms with Crippen LogP contribution in [0.25, 0.3) is 5.57 Å². The molecule has 118 valence electrons. The normalized spacial score (nSPS) is 13.7. The molecule has 1 aromatic carbocycles. The first kappa shape index (κ1) is 18.1. The fraction of sp³-hybridized carbons (Fsp3) is 0.400. The summed E-state index contributed by atoms with van der Waals surface area (Å²) >= 11 is 0. The largest absolute Gasteiger partial charge is 0.295 e. The van der Waals surface area contributed by atoms with Crippen LogP contribution >= 0.6 is 0 Å². The molecule has 0 radical (unpaired) electrons. The number of allylic oxidation sites excluding steroid dienone is 3. The molecule has 1 saturated carbocycles. The number of carbonyl (C=O) groups excluding carboxylic acids is 2. The molecule has 0 heterocycles. The second-order valence-corrected chi connectivity index (χ2v) is 5.75. The minimum Gasteiger partial charge on any atom is -0.295 e. The lowest BCUT2D eigenvalue weighted by Crippen LogP contribution is -2.02. The van der Waals surface area contributed by atoms with Gasteiger partial charge in [-0.3, -0.25) is 9.59 Å². The zero-order valence-corrected chi connectivity index (χ0v) is 13.9. The second-order valence-electron chi connectivity index (χ2n) is 5.75. The van der Waals surface area contributed by atoms with Crippen LogP contribution in [-0.2, 0) is 9.59 Å². The first-order valence-corrected chi connectivity index (χ1v) is 7.88. The summed E-state index contributed by atoms with van der Waals surface area (Å²) < 4.78 is 0. The average molecular weight is 298 g/mol. The van der Waals surface area contributed by atoms with E-state index in [2.05, 4.69) is 6.58 Å². The summed E-state index contributed by atoms with van der Waals surface area (Å²) in [6.45, 7) is 8.82. The zero-order chi connectivity index (χ0) is 16.5. The third-order valence-electron chi connectivity index (χ3n) is 4.06. The lowest BCUT2D eigenvalue weighted by atomic mass is 9.90. The molecule has 0 amide bonds. The average Bonchev–Trinajstić information content (AvgIpc) is 2.55. The number of ketones is 2. The Labute approximate surface area is 133 Å². The maximum Gasteiger partial charge on any atom is 0.159 e. The highest BCUT2D eigenvalue weighted by atomic mass is 16.1. The van der Waals surface area contributed by atoms with E-state index in [4.69, 9.17) is 0 Å². The molecule has 1 fully saturated rings. The number of hydrogen-bond donors (Lipinski definition) is 0. The maximum absolute atomic E-state index is 11.0. The third kappa shape index (κ3) is 5.80. The van der Waals surface area contributed by atoms with Gasteiger partial charge in [-0.05, 0) is 57.6 Å². The number of rotatable bonds is 3. The number of hydrogen-bond acceptors (Lipinski definition) is 2. The highest BCUT2D eigenvalue weighted by Gasteiger charge is 2.10. The summed E-state index contributed by atoms with van der Waals surface area (Å²) in [5, 5.41) is 0.